The summed E-state index contributed by atoms with van der Waals surface area (Å²) >= 11 is 0. The number of carboxylic acid groups (broad SMARTS) is 2. The zero-order valence-electron chi connectivity index (χ0n) is 21.9. The number of piperidine rings is 1. The number of likely N-dealkylation sites (tertiary alicyclic amines) is 2. The van der Waals surface area contributed by atoms with E-state index < -0.39 is 29.7 Å². The fourth-order valence-electron chi connectivity index (χ4n) is 8.17. The second kappa shape index (κ2) is 9.59. The number of rotatable bonds is 6. The van der Waals surface area contributed by atoms with Crippen molar-refractivity contribution in [2.24, 2.45) is 5.92 Å². The molecule has 0 amide bonds. The number of ether oxygens (including phenoxy) is 1. The number of carboxylic acids is 2. The van der Waals surface area contributed by atoms with Gasteiger partial charge in [-0.25, -0.2) is 9.59 Å². The van der Waals surface area contributed by atoms with Gasteiger partial charge in [0.05, 0.1) is 11.0 Å². The summed E-state index contributed by atoms with van der Waals surface area (Å²) in [6, 6.07) is 4.46. The molecule has 2 saturated carbocycles. The van der Waals surface area contributed by atoms with Gasteiger partial charge in [-0.2, -0.15) is 0 Å². The Bertz CT molecular complexity index is 1130. The van der Waals surface area contributed by atoms with Gasteiger partial charge < -0.3 is 35.4 Å². The predicted octanol–water partition coefficient (Wildman–Crippen LogP) is 0.298. The molecule has 7 atom stereocenters. The van der Waals surface area contributed by atoms with Crippen molar-refractivity contribution in [1.82, 2.24) is 9.80 Å². The van der Waals surface area contributed by atoms with Crippen LogP contribution in [0, 0.1) is 5.92 Å². The second-order valence-electron chi connectivity index (χ2n) is 12.2. The third-order valence-electron chi connectivity index (χ3n) is 10.1. The molecule has 4 fully saturated rings. The molecular formula is C28H38N2O9. The van der Waals surface area contributed by atoms with Crippen LogP contribution < -0.4 is 4.74 Å². The van der Waals surface area contributed by atoms with Gasteiger partial charge in [-0.3, -0.25) is 9.80 Å². The van der Waals surface area contributed by atoms with E-state index in [0.29, 0.717) is 11.8 Å². The first-order valence-electron chi connectivity index (χ1n) is 14.1. The van der Waals surface area contributed by atoms with Crippen molar-refractivity contribution in [1.29, 1.82) is 0 Å². The quantitative estimate of drug-likeness (QED) is 0.290. The lowest BCUT2D eigenvalue weighted by Crippen LogP contribution is -2.78. The number of hydrogen-bond donors (Lipinski definition) is 6. The molecule has 6 N–H and O–H groups in total. The Kier molecular flexibility index (Phi) is 6.58. The first kappa shape index (κ1) is 26.8. The Morgan fingerprint density at radius 1 is 1.00 bits per heavy atom. The first-order chi connectivity index (χ1) is 18.6. The van der Waals surface area contributed by atoms with Crippen LogP contribution in [0.3, 0.4) is 0 Å². The van der Waals surface area contributed by atoms with E-state index in [4.69, 9.17) is 25.2 Å². The topological polar surface area (TPSA) is 171 Å². The van der Waals surface area contributed by atoms with Crippen LogP contribution in [-0.4, -0.2) is 115 Å². The highest BCUT2D eigenvalue weighted by atomic mass is 16.5. The van der Waals surface area contributed by atoms with Crippen LogP contribution >= 0.6 is 0 Å². The number of aromatic hydroxyl groups is 1. The van der Waals surface area contributed by atoms with Crippen molar-refractivity contribution in [2.75, 3.05) is 26.2 Å². The summed E-state index contributed by atoms with van der Waals surface area (Å²) in [4.78, 5) is 24.8. The third-order valence-corrected chi connectivity index (χ3v) is 10.1. The van der Waals surface area contributed by atoms with Crippen LogP contribution in [0.25, 0.3) is 0 Å². The number of phenolic OH excluding ortho intramolecular Hbond substituents is 1. The van der Waals surface area contributed by atoms with E-state index in [0.717, 1.165) is 63.3 Å². The molecule has 3 aliphatic carbocycles. The van der Waals surface area contributed by atoms with Gasteiger partial charge in [0.15, 0.2) is 23.7 Å². The molecule has 214 valence electrons. The van der Waals surface area contributed by atoms with E-state index >= 15 is 0 Å². The minimum atomic E-state index is -2.27. The van der Waals surface area contributed by atoms with Crippen molar-refractivity contribution in [3.63, 3.8) is 0 Å². The molecule has 7 rings (SSSR count). The SMILES string of the molecule is O=C(O)C(O)C(O)C(=O)O.Oc1ccc2c3c1O[C@@H]1[C@H](N4CCCC4)CC[C@@]4(O)[C@@H](C2)N(CC2CC2)CC[C@]314. The van der Waals surface area contributed by atoms with Gasteiger partial charge in [0.1, 0.15) is 6.10 Å². The molecule has 39 heavy (non-hydrogen) atoms. The third kappa shape index (κ3) is 4.04. The number of aliphatic carboxylic acids is 2. The van der Waals surface area contributed by atoms with Gasteiger partial charge in [-0.05, 0) is 88.5 Å². The van der Waals surface area contributed by atoms with Crippen LogP contribution in [0.2, 0.25) is 0 Å². The van der Waals surface area contributed by atoms with Gasteiger partial charge in [0.25, 0.3) is 0 Å². The van der Waals surface area contributed by atoms with E-state index in [-0.39, 0.29) is 23.3 Å². The molecule has 3 heterocycles. The number of aliphatic hydroxyl groups excluding tert-OH is 2. The summed E-state index contributed by atoms with van der Waals surface area (Å²) < 4.78 is 6.66. The molecule has 0 aromatic heterocycles. The summed E-state index contributed by atoms with van der Waals surface area (Å²) in [5.41, 5.74) is 1.37. The molecule has 11 heteroatoms. The lowest BCUT2D eigenvalue weighted by atomic mass is 9.48. The number of nitrogens with zero attached hydrogens (tertiary/aromatic N) is 2. The number of aliphatic hydroxyl groups is 3. The van der Waals surface area contributed by atoms with Crippen LogP contribution in [0.5, 0.6) is 11.5 Å². The Hall–Kier alpha value is -2.44. The maximum Gasteiger partial charge on any atom is 0.335 e. The van der Waals surface area contributed by atoms with E-state index in [1.807, 2.05) is 6.07 Å². The molecule has 11 nitrogen and oxygen atoms in total. The Morgan fingerprint density at radius 3 is 2.28 bits per heavy atom. The highest BCUT2D eigenvalue weighted by Gasteiger charge is 2.73. The van der Waals surface area contributed by atoms with Crippen LogP contribution in [-0.2, 0) is 21.4 Å². The number of phenols is 1. The maximum absolute atomic E-state index is 12.4. The summed E-state index contributed by atoms with van der Waals surface area (Å²) in [5, 5.41) is 55.7. The van der Waals surface area contributed by atoms with Gasteiger partial charge in [-0.1, -0.05) is 6.07 Å². The normalized spacial score (nSPS) is 36.2. The average Bonchev–Trinajstić information content (AvgIpc) is 3.40. The predicted molar refractivity (Wildman–Crippen MR) is 137 cm³/mol. The van der Waals surface area contributed by atoms with E-state index in [1.54, 1.807) is 0 Å². The zero-order chi connectivity index (χ0) is 27.7. The van der Waals surface area contributed by atoms with Gasteiger partial charge >= 0.3 is 11.9 Å². The van der Waals surface area contributed by atoms with Crippen molar-refractivity contribution in [3.05, 3.63) is 23.3 Å². The largest absolute Gasteiger partial charge is 0.504 e. The standard InChI is InChI=1S/C24H32N2O3.C4H6O6/c27-18-6-5-16-13-19-24(28)8-7-17(25-10-1-2-11-25)22-23(24,20(16)21(18)29-22)9-12-26(19)14-15-3-4-15;5-1(3(7)8)2(6)4(9)10/h5-6,15,17,19,22,27-28H,1-4,7-14H2;1-2,5-6H,(H,7,8)(H,9,10)/t17-,19-,22-,23+,24-;/m1./s1. The maximum atomic E-state index is 12.4. The Balaban J connectivity index is 0.000000240. The minimum absolute atomic E-state index is 0.0349. The summed E-state index contributed by atoms with van der Waals surface area (Å²) in [6.07, 6.45) is 4.36. The fourth-order valence-corrected chi connectivity index (χ4v) is 8.17. The molecule has 0 radical (unpaired) electrons. The Morgan fingerprint density at radius 2 is 1.67 bits per heavy atom. The van der Waals surface area contributed by atoms with Gasteiger partial charge in [0.2, 0.25) is 0 Å². The smallest absolute Gasteiger partial charge is 0.335 e. The monoisotopic (exact) mass is 546 g/mol. The number of benzene rings is 1. The summed E-state index contributed by atoms with van der Waals surface area (Å²) in [6.45, 7) is 4.48. The summed E-state index contributed by atoms with van der Waals surface area (Å²) in [7, 11) is 0. The molecule has 3 aliphatic heterocycles. The lowest BCUT2D eigenvalue weighted by Gasteiger charge is -2.64. The van der Waals surface area contributed by atoms with Crippen molar-refractivity contribution in [2.45, 2.75) is 92.8 Å². The van der Waals surface area contributed by atoms with Crippen LogP contribution in [0.4, 0.5) is 0 Å². The number of hydrogen-bond acceptors (Lipinski definition) is 9. The van der Waals surface area contributed by atoms with Crippen molar-refractivity contribution >= 4 is 11.9 Å². The number of carbonyl (C=O) groups is 2. The van der Waals surface area contributed by atoms with Crippen LogP contribution in [0.1, 0.15) is 56.1 Å². The van der Waals surface area contributed by atoms with E-state index in [9.17, 15) is 19.8 Å². The molecule has 6 aliphatic rings. The Labute approximate surface area is 226 Å². The van der Waals surface area contributed by atoms with Gasteiger partial charge in [0, 0.05) is 24.2 Å². The molecule has 1 aromatic carbocycles. The lowest BCUT2D eigenvalue weighted by molar-refractivity contribution is -0.199. The molecular weight excluding hydrogens is 508 g/mol. The average molecular weight is 547 g/mol. The first-order valence-corrected chi connectivity index (χ1v) is 14.1. The molecule has 2 bridgehead atoms. The van der Waals surface area contributed by atoms with Crippen molar-refractivity contribution < 1.29 is 45.0 Å². The molecule has 1 aromatic rings. The highest BCUT2D eigenvalue weighted by Crippen LogP contribution is 2.66. The molecule has 1 spiro atoms. The van der Waals surface area contributed by atoms with E-state index in [1.165, 1.54) is 31.2 Å². The van der Waals surface area contributed by atoms with Gasteiger partial charge in [-0.15, -0.1) is 0 Å². The highest BCUT2D eigenvalue weighted by molar-refractivity contribution is 5.83. The van der Waals surface area contributed by atoms with Crippen molar-refractivity contribution in [3.8, 4) is 11.5 Å². The second-order valence-corrected chi connectivity index (χ2v) is 12.2. The molecule has 2 saturated heterocycles. The summed E-state index contributed by atoms with van der Waals surface area (Å²) in [5.74, 6) is -1.76. The zero-order valence-corrected chi connectivity index (χ0v) is 21.9. The minimum Gasteiger partial charge on any atom is -0.504 e. The molecule has 2 unspecified atom stereocenters. The van der Waals surface area contributed by atoms with E-state index in [2.05, 4.69) is 15.9 Å². The fraction of sp³-hybridized carbons (Fsp3) is 0.714. The van der Waals surface area contributed by atoms with Crippen LogP contribution in [0.15, 0.2) is 12.1 Å².